The van der Waals surface area contributed by atoms with E-state index in [-0.39, 0.29) is 42.5 Å². The Hall–Kier alpha value is -1.83. The fraction of sp³-hybridized carbons (Fsp3) is 0.524. The van der Waals surface area contributed by atoms with Crippen molar-refractivity contribution in [1.82, 2.24) is 10.2 Å². The van der Waals surface area contributed by atoms with Crippen molar-refractivity contribution in [3.8, 4) is 12.3 Å². The van der Waals surface area contributed by atoms with E-state index in [9.17, 15) is 4.79 Å². The molecule has 2 N–H and O–H groups in total. The number of nitrogens with one attached hydrogen (secondary N) is 2. The number of benzene rings is 1. The van der Waals surface area contributed by atoms with Gasteiger partial charge in [-0.3, -0.25) is 9.79 Å². The summed E-state index contributed by atoms with van der Waals surface area (Å²) in [7, 11) is 3.43. The second-order valence-electron chi connectivity index (χ2n) is 6.58. The maximum absolute atomic E-state index is 12.2. The van der Waals surface area contributed by atoms with Gasteiger partial charge in [0.2, 0.25) is 5.91 Å². The first-order valence-corrected chi connectivity index (χ1v) is 9.59. The number of hydrogen-bond donors (Lipinski definition) is 2. The van der Waals surface area contributed by atoms with Crippen LogP contribution in [0.4, 0.5) is 5.69 Å². The van der Waals surface area contributed by atoms with Crippen molar-refractivity contribution in [2.24, 2.45) is 4.99 Å². The molecular weight excluding hydrogens is 483 g/mol. The fourth-order valence-corrected chi connectivity index (χ4v) is 3.07. The van der Waals surface area contributed by atoms with Crippen molar-refractivity contribution in [2.45, 2.75) is 25.4 Å². The molecule has 1 amide bonds. The highest BCUT2D eigenvalue weighted by Crippen LogP contribution is 2.14. The van der Waals surface area contributed by atoms with Crippen LogP contribution < -0.4 is 10.6 Å². The number of terminal acetylenes is 1. The zero-order chi connectivity index (χ0) is 20.2. The number of amides is 1. The van der Waals surface area contributed by atoms with Gasteiger partial charge in [-0.1, -0.05) is 12.0 Å². The molecule has 0 aromatic heterocycles. The average molecular weight is 514 g/mol. The van der Waals surface area contributed by atoms with E-state index in [4.69, 9.17) is 15.9 Å². The number of nitrogens with zero attached hydrogens (tertiary/aromatic N) is 2. The molecule has 1 saturated heterocycles. The predicted molar refractivity (Wildman–Crippen MR) is 127 cm³/mol. The standard InChI is InChI=1S/C21H30N4O3.HI/c1-4-17-7-5-8-18(15-17)24-20(26)16-23-21(22-2)25-11-9-19(10-12-25)28-14-6-13-27-3;/h1,5,7-8,15,19H,6,9-14,16H2,2-3H3,(H,22,23)(H,24,26);1H. The molecule has 2 rings (SSSR count). The van der Waals surface area contributed by atoms with E-state index in [0.717, 1.165) is 57.1 Å². The summed E-state index contributed by atoms with van der Waals surface area (Å²) in [5, 5.41) is 5.97. The Kier molecular flexibility index (Phi) is 12.3. The lowest BCUT2D eigenvalue weighted by atomic mass is 10.1. The molecule has 1 aromatic rings. The molecule has 1 aliphatic heterocycles. The summed E-state index contributed by atoms with van der Waals surface area (Å²) in [5.41, 5.74) is 1.41. The van der Waals surface area contributed by atoms with Gasteiger partial charge in [-0.25, -0.2) is 0 Å². The number of aliphatic imine (C=N–C) groups is 1. The van der Waals surface area contributed by atoms with Crippen molar-refractivity contribution < 1.29 is 14.3 Å². The minimum atomic E-state index is -0.147. The lowest BCUT2D eigenvalue weighted by Crippen LogP contribution is -2.48. The van der Waals surface area contributed by atoms with E-state index < -0.39 is 0 Å². The molecule has 0 atom stereocenters. The van der Waals surface area contributed by atoms with E-state index in [1.54, 1.807) is 20.2 Å². The Morgan fingerprint density at radius 1 is 1.34 bits per heavy atom. The molecule has 29 heavy (non-hydrogen) atoms. The molecule has 1 heterocycles. The number of carbonyl (C=O) groups excluding carboxylic acids is 1. The van der Waals surface area contributed by atoms with E-state index in [1.165, 1.54) is 0 Å². The van der Waals surface area contributed by atoms with Gasteiger partial charge in [-0.05, 0) is 37.5 Å². The van der Waals surface area contributed by atoms with E-state index >= 15 is 0 Å². The van der Waals surface area contributed by atoms with Gasteiger partial charge in [0.15, 0.2) is 5.96 Å². The lowest BCUT2D eigenvalue weighted by molar-refractivity contribution is -0.115. The topological polar surface area (TPSA) is 75.2 Å². The summed E-state index contributed by atoms with van der Waals surface area (Å²) in [6, 6.07) is 7.22. The smallest absolute Gasteiger partial charge is 0.243 e. The predicted octanol–water partition coefficient (Wildman–Crippen LogP) is 2.32. The lowest BCUT2D eigenvalue weighted by Gasteiger charge is -2.34. The van der Waals surface area contributed by atoms with Gasteiger partial charge < -0.3 is 25.0 Å². The number of rotatable bonds is 8. The van der Waals surface area contributed by atoms with E-state index in [0.29, 0.717) is 5.69 Å². The van der Waals surface area contributed by atoms with Crippen molar-refractivity contribution >= 4 is 41.5 Å². The summed E-state index contributed by atoms with van der Waals surface area (Å²) in [4.78, 5) is 18.7. The number of likely N-dealkylation sites (tertiary alicyclic amines) is 1. The minimum Gasteiger partial charge on any atom is -0.385 e. The second-order valence-corrected chi connectivity index (χ2v) is 6.58. The Labute approximate surface area is 190 Å². The third-order valence-corrected chi connectivity index (χ3v) is 4.52. The summed E-state index contributed by atoms with van der Waals surface area (Å²) < 4.78 is 10.9. The summed E-state index contributed by atoms with van der Waals surface area (Å²) in [5.74, 6) is 3.14. The first-order chi connectivity index (χ1) is 13.7. The largest absolute Gasteiger partial charge is 0.385 e. The number of piperidine rings is 1. The van der Waals surface area contributed by atoms with Gasteiger partial charge in [-0.2, -0.15) is 0 Å². The first kappa shape index (κ1) is 25.2. The fourth-order valence-electron chi connectivity index (χ4n) is 3.07. The molecule has 0 unspecified atom stereocenters. The van der Waals surface area contributed by atoms with E-state index in [2.05, 4.69) is 26.4 Å². The van der Waals surface area contributed by atoms with Crippen molar-refractivity contribution in [3.05, 3.63) is 29.8 Å². The summed E-state index contributed by atoms with van der Waals surface area (Å²) in [6.07, 6.45) is 8.47. The number of hydrogen-bond acceptors (Lipinski definition) is 4. The number of carbonyl (C=O) groups is 1. The highest BCUT2D eigenvalue weighted by Gasteiger charge is 2.22. The molecular formula is C21H31IN4O3. The minimum absolute atomic E-state index is 0. The van der Waals surface area contributed by atoms with Gasteiger partial charge in [0, 0.05) is 51.7 Å². The van der Waals surface area contributed by atoms with Gasteiger partial charge >= 0.3 is 0 Å². The molecule has 0 saturated carbocycles. The van der Waals surface area contributed by atoms with Crippen LogP contribution in [-0.4, -0.2) is 69.9 Å². The Morgan fingerprint density at radius 3 is 2.76 bits per heavy atom. The number of methoxy groups -OCH3 is 1. The van der Waals surface area contributed by atoms with Crippen LogP contribution in [0.25, 0.3) is 0 Å². The van der Waals surface area contributed by atoms with Crippen LogP contribution in [0.1, 0.15) is 24.8 Å². The molecule has 0 bridgehead atoms. The van der Waals surface area contributed by atoms with Crippen LogP contribution in [-0.2, 0) is 14.3 Å². The molecule has 1 aromatic carbocycles. The Bertz CT molecular complexity index is 697. The number of halogens is 1. The molecule has 160 valence electrons. The molecule has 1 aliphatic rings. The van der Waals surface area contributed by atoms with Crippen LogP contribution in [0.15, 0.2) is 29.3 Å². The second kappa shape index (κ2) is 14.2. The Balaban J connectivity index is 0.00000420. The molecule has 0 aliphatic carbocycles. The van der Waals surface area contributed by atoms with Crippen molar-refractivity contribution in [3.63, 3.8) is 0 Å². The van der Waals surface area contributed by atoms with Gasteiger partial charge in [0.05, 0.1) is 12.6 Å². The average Bonchev–Trinajstić information content (AvgIpc) is 2.72. The van der Waals surface area contributed by atoms with Crippen LogP contribution in [0.3, 0.4) is 0 Å². The molecule has 0 radical (unpaired) electrons. The summed E-state index contributed by atoms with van der Waals surface area (Å²) >= 11 is 0. The van der Waals surface area contributed by atoms with Crippen LogP contribution in [0.5, 0.6) is 0 Å². The van der Waals surface area contributed by atoms with Crippen molar-refractivity contribution in [2.75, 3.05) is 52.3 Å². The molecule has 0 spiro atoms. The van der Waals surface area contributed by atoms with Gasteiger partial charge in [0.25, 0.3) is 0 Å². The van der Waals surface area contributed by atoms with Crippen molar-refractivity contribution in [1.29, 1.82) is 0 Å². The summed E-state index contributed by atoms with van der Waals surface area (Å²) in [6.45, 7) is 3.29. The van der Waals surface area contributed by atoms with Crippen LogP contribution >= 0.6 is 24.0 Å². The molecule has 1 fully saturated rings. The third kappa shape index (κ3) is 9.02. The number of anilines is 1. The van der Waals surface area contributed by atoms with E-state index in [1.807, 2.05) is 18.2 Å². The SMILES string of the molecule is C#Cc1cccc(NC(=O)CNC(=NC)N2CCC(OCCCOC)CC2)c1.I. The maximum Gasteiger partial charge on any atom is 0.243 e. The normalized spacial score (nSPS) is 14.7. The highest BCUT2D eigenvalue weighted by atomic mass is 127. The molecule has 7 nitrogen and oxygen atoms in total. The Morgan fingerprint density at radius 2 is 2.10 bits per heavy atom. The third-order valence-electron chi connectivity index (χ3n) is 4.52. The maximum atomic E-state index is 12.2. The molecule has 8 heteroatoms. The van der Waals surface area contributed by atoms with Gasteiger partial charge in [0.1, 0.15) is 0 Å². The number of ether oxygens (including phenoxy) is 2. The first-order valence-electron chi connectivity index (χ1n) is 9.59. The highest BCUT2D eigenvalue weighted by molar-refractivity contribution is 14.0. The van der Waals surface area contributed by atoms with Crippen LogP contribution in [0.2, 0.25) is 0 Å². The number of guanidine groups is 1. The monoisotopic (exact) mass is 514 g/mol. The zero-order valence-corrected chi connectivity index (χ0v) is 19.5. The van der Waals surface area contributed by atoms with Gasteiger partial charge in [-0.15, -0.1) is 30.4 Å². The quantitative estimate of drug-likeness (QED) is 0.183. The van der Waals surface area contributed by atoms with Crippen LogP contribution in [0, 0.1) is 12.3 Å². The zero-order valence-electron chi connectivity index (χ0n) is 17.1.